The van der Waals surface area contributed by atoms with Crippen LogP contribution in [0.25, 0.3) is 0 Å². The molecular weight excluding hydrogens is 350 g/mol. The first kappa shape index (κ1) is 17.6. The molecule has 5 heteroatoms. The number of benzene rings is 2. The number of hydrogen-bond acceptors (Lipinski definition) is 4. The van der Waals surface area contributed by atoms with Gasteiger partial charge in [-0.15, -0.1) is 0 Å². The molecule has 0 saturated carbocycles. The quantitative estimate of drug-likeness (QED) is 0.761. The maximum Gasteiger partial charge on any atom is 0.415 e. The predicted molar refractivity (Wildman–Crippen MR) is 110 cm³/mol. The van der Waals surface area contributed by atoms with Gasteiger partial charge in [0, 0.05) is 37.8 Å². The summed E-state index contributed by atoms with van der Waals surface area (Å²) in [4.78, 5) is 19.4. The summed E-state index contributed by atoms with van der Waals surface area (Å²) in [6.45, 7) is 4.74. The fourth-order valence-corrected chi connectivity index (χ4v) is 5.44. The van der Waals surface area contributed by atoms with Crippen molar-refractivity contribution in [3.63, 3.8) is 0 Å². The van der Waals surface area contributed by atoms with Gasteiger partial charge in [0.1, 0.15) is 5.75 Å². The van der Waals surface area contributed by atoms with Crippen LogP contribution in [-0.4, -0.2) is 49.2 Å². The highest BCUT2D eigenvalue weighted by molar-refractivity contribution is 5.73. The molecule has 0 N–H and O–H groups in total. The van der Waals surface area contributed by atoms with Crippen LogP contribution in [0.5, 0.6) is 5.75 Å². The van der Waals surface area contributed by atoms with Crippen molar-refractivity contribution in [3.8, 4) is 5.75 Å². The third kappa shape index (κ3) is 2.53. The summed E-state index contributed by atoms with van der Waals surface area (Å²) >= 11 is 0. The molecule has 0 radical (unpaired) electrons. The minimum absolute atomic E-state index is 0.0747. The van der Waals surface area contributed by atoms with Crippen molar-refractivity contribution in [2.24, 2.45) is 0 Å². The van der Waals surface area contributed by atoms with E-state index in [2.05, 4.69) is 61.2 Å². The van der Waals surface area contributed by atoms with E-state index in [0.29, 0.717) is 25.0 Å². The molecule has 5 nitrogen and oxygen atoms in total. The predicted octanol–water partition coefficient (Wildman–Crippen LogP) is 3.61. The normalized spacial score (nSPS) is 26.0. The number of likely N-dealkylation sites (tertiary alicyclic amines) is 1. The van der Waals surface area contributed by atoms with Gasteiger partial charge in [-0.2, -0.15) is 0 Å². The first-order valence-electron chi connectivity index (χ1n) is 10.1. The molecule has 1 saturated heterocycles. The van der Waals surface area contributed by atoms with Crippen LogP contribution in [0.4, 0.5) is 10.5 Å². The van der Waals surface area contributed by atoms with Crippen LogP contribution in [0.3, 0.4) is 0 Å². The molecule has 0 aromatic heterocycles. The van der Waals surface area contributed by atoms with Crippen molar-refractivity contribution < 1.29 is 9.53 Å². The Morgan fingerprint density at radius 2 is 1.89 bits per heavy atom. The summed E-state index contributed by atoms with van der Waals surface area (Å²) in [5, 5.41) is 0. The number of fused-ring (bicyclic) bond motifs is 4. The van der Waals surface area contributed by atoms with E-state index in [0.717, 1.165) is 19.4 Å². The van der Waals surface area contributed by atoms with E-state index in [1.807, 2.05) is 12.1 Å². The van der Waals surface area contributed by atoms with Crippen LogP contribution in [0, 0.1) is 0 Å². The van der Waals surface area contributed by atoms with Crippen LogP contribution in [0.2, 0.25) is 0 Å². The molecule has 2 aromatic rings. The van der Waals surface area contributed by atoms with Crippen molar-refractivity contribution in [2.75, 3.05) is 32.1 Å². The average molecular weight is 377 g/mol. The van der Waals surface area contributed by atoms with E-state index < -0.39 is 0 Å². The molecule has 1 fully saturated rings. The summed E-state index contributed by atoms with van der Waals surface area (Å²) in [5.74, 6) is 0.646. The van der Waals surface area contributed by atoms with E-state index in [4.69, 9.17) is 4.74 Å². The Morgan fingerprint density at radius 3 is 2.71 bits per heavy atom. The zero-order valence-electron chi connectivity index (χ0n) is 16.8. The summed E-state index contributed by atoms with van der Waals surface area (Å²) in [7, 11) is 4.35. The standard InChI is InChI=1S/C23H27N3O2/c1-23-11-13-24(2)21(23)25(3)20-9-8-18(14-19(20)23)28-22(27)26-12-10-16-6-4-5-7-17(16)15-26/h4-9,14,21H,10-13,15H2,1-3H3/t21-,23+/m0/s1. The molecule has 3 aliphatic heterocycles. The molecule has 3 aliphatic rings. The molecule has 5 rings (SSSR count). The SMILES string of the molecule is CN1CC[C@]2(C)c3cc(OC(=O)N4CCc5ccccc5C4)ccc3N(C)[C@H]12. The van der Waals surface area contributed by atoms with E-state index in [-0.39, 0.29) is 11.5 Å². The molecular formula is C23H27N3O2. The van der Waals surface area contributed by atoms with Crippen LogP contribution >= 0.6 is 0 Å². The second-order valence-electron chi connectivity index (χ2n) is 8.62. The van der Waals surface area contributed by atoms with Crippen molar-refractivity contribution >= 4 is 11.8 Å². The third-order valence-electron chi connectivity index (χ3n) is 6.90. The van der Waals surface area contributed by atoms with Crippen molar-refractivity contribution in [1.82, 2.24) is 9.80 Å². The van der Waals surface area contributed by atoms with Gasteiger partial charge in [-0.1, -0.05) is 31.2 Å². The lowest BCUT2D eigenvalue weighted by atomic mass is 9.81. The summed E-state index contributed by atoms with van der Waals surface area (Å²) < 4.78 is 5.80. The zero-order valence-corrected chi connectivity index (χ0v) is 16.8. The number of carbonyl (C=O) groups excluding carboxylic acids is 1. The van der Waals surface area contributed by atoms with Gasteiger partial charge in [0.25, 0.3) is 0 Å². The molecule has 0 spiro atoms. The minimum Gasteiger partial charge on any atom is -0.410 e. The van der Waals surface area contributed by atoms with Gasteiger partial charge in [0.05, 0.1) is 6.17 Å². The Balaban J connectivity index is 1.37. The molecule has 2 atom stereocenters. The largest absolute Gasteiger partial charge is 0.415 e. The number of carbonyl (C=O) groups is 1. The fourth-order valence-electron chi connectivity index (χ4n) is 5.44. The number of likely N-dealkylation sites (N-methyl/N-ethyl adjacent to an activating group) is 2. The lowest BCUT2D eigenvalue weighted by molar-refractivity contribution is 0.147. The van der Waals surface area contributed by atoms with Gasteiger partial charge >= 0.3 is 6.09 Å². The topological polar surface area (TPSA) is 36.0 Å². The summed E-state index contributed by atoms with van der Waals surface area (Å²) in [6, 6.07) is 14.4. The van der Waals surface area contributed by atoms with Crippen molar-refractivity contribution in [1.29, 1.82) is 0 Å². The Kier molecular flexibility index (Phi) is 3.91. The highest BCUT2D eigenvalue weighted by Gasteiger charge is 2.52. The van der Waals surface area contributed by atoms with E-state index in [1.165, 1.54) is 22.4 Å². The van der Waals surface area contributed by atoms with Crippen LogP contribution in [0.15, 0.2) is 42.5 Å². The van der Waals surface area contributed by atoms with Crippen LogP contribution in [0.1, 0.15) is 30.0 Å². The van der Waals surface area contributed by atoms with E-state index >= 15 is 0 Å². The maximum atomic E-state index is 12.8. The molecule has 1 amide bonds. The molecule has 28 heavy (non-hydrogen) atoms. The lowest BCUT2D eigenvalue weighted by Gasteiger charge is -2.32. The number of hydrogen-bond donors (Lipinski definition) is 0. The first-order valence-corrected chi connectivity index (χ1v) is 10.1. The minimum atomic E-state index is -0.258. The molecule has 2 aromatic carbocycles. The molecule has 0 aliphatic carbocycles. The van der Waals surface area contributed by atoms with Crippen molar-refractivity contribution in [3.05, 3.63) is 59.2 Å². The number of anilines is 1. The van der Waals surface area contributed by atoms with Gasteiger partial charge in [-0.3, -0.25) is 4.90 Å². The monoisotopic (exact) mass is 377 g/mol. The van der Waals surface area contributed by atoms with Crippen LogP contribution < -0.4 is 9.64 Å². The zero-order chi connectivity index (χ0) is 19.5. The van der Waals surface area contributed by atoms with Crippen molar-refractivity contribution in [2.45, 2.75) is 37.9 Å². The van der Waals surface area contributed by atoms with Gasteiger partial charge in [0.15, 0.2) is 0 Å². The molecule has 0 bridgehead atoms. The van der Waals surface area contributed by atoms with Gasteiger partial charge in [-0.25, -0.2) is 4.79 Å². The lowest BCUT2D eigenvalue weighted by Crippen LogP contribution is -2.45. The second kappa shape index (κ2) is 6.24. The maximum absolute atomic E-state index is 12.8. The smallest absolute Gasteiger partial charge is 0.410 e. The van der Waals surface area contributed by atoms with E-state index in [9.17, 15) is 4.79 Å². The third-order valence-corrected chi connectivity index (χ3v) is 6.90. The Bertz CT molecular complexity index is 943. The summed E-state index contributed by atoms with van der Waals surface area (Å²) in [5.41, 5.74) is 5.15. The highest BCUT2D eigenvalue weighted by Crippen LogP contribution is 2.51. The number of nitrogens with zero attached hydrogens (tertiary/aromatic N) is 3. The van der Waals surface area contributed by atoms with Crippen LogP contribution in [-0.2, 0) is 18.4 Å². The molecule has 3 heterocycles. The molecule has 0 unspecified atom stereocenters. The Hall–Kier alpha value is -2.53. The number of amides is 1. The fraction of sp³-hybridized carbons (Fsp3) is 0.435. The average Bonchev–Trinajstić information content (AvgIpc) is 3.13. The van der Waals surface area contributed by atoms with Gasteiger partial charge < -0.3 is 14.5 Å². The summed E-state index contributed by atoms with van der Waals surface area (Å²) in [6.07, 6.45) is 2.11. The van der Waals surface area contributed by atoms with E-state index in [1.54, 1.807) is 4.90 Å². The Labute approximate surface area is 166 Å². The highest BCUT2D eigenvalue weighted by atomic mass is 16.6. The number of rotatable bonds is 1. The Morgan fingerprint density at radius 1 is 1.11 bits per heavy atom. The number of ether oxygens (including phenoxy) is 1. The first-order chi connectivity index (χ1) is 13.5. The van der Waals surface area contributed by atoms with Gasteiger partial charge in [-0.05, 0) is 54.8 Å². The molecule has 146 valence electrons. The second-order valence-corrected chi connectivity index (χ2v) is 8.62. The van der Waals surface area contributed by atoms with Gasteiger partial charge in [0.2, 0.25) is 0 Å².